The highest BCUT2D eigenvalue weighted by atomic mass is 16.5. The van der Waals surface area contributed by atoms with Gasteiger partial charge >= 0.3 is 23.9 Å². The molecule has 0 aliphatic carbocycles. The molecule has 16 nitrogen and oxygen atoms in total. The van der Waals surface area contributed by atoms with E-state index in [0.717, 1.165) is 36.5 Å². The van der Waals surface area contributed by atoms with E-state index in [9.17, 15) is 28.8 Å². The Morgan fingerprint density at radius 2 is 1.41 bits per heavy atom. The summed E-state index contributed by atoms with van der Waals surface area (Å²) in [6, 6.07) is 15.7. The molecule has 0 radical (unpaired) electrons. The molecule has 2 aromatic carbocycles. The molecule has 51 heavy (non-hydrogen) atoms. The number of hydrogen-bond donors (Lipinski definition) is 5. The third kappa shape index (κ3) is 14.3. The third-order valence-electron chi connectivity index (χ3n) is 7.55. The largest absolute Gasteiger partial charge is 0.496 e. The summed E-state index contributed by atoms with van der Waals surface area (Å²) in [4.78, 5) is 72.3. The van der Waals surface area contributed by atoms with E-state index in [1.54, 1.807) is 7.11 Å². The molecule has 274 valence electrons. The number of carbonyl (C=O) groups is 6. The van der Waals surface area contributed by atoms with Crippen molar-refractivity contribution >= 4 is 46.6 Å². The number of ketones is 1. The van der Waals surface area contributed by atoms with Crippen molar-refractivity contribution in [2.75, 3.05) is 33.3 Å². The number of carbonyl (C=O) groups excluding carboxylic acids is 2. The first-order chi connectivity index (χ1) is 24.1. The smallest absolute Gasteiger partial charge is 0.328 e. The van der Waals surface area contributed by atoms with Crippen LogP contribution in [0.1, 0.15) is 36.5 Å². The van der Waals surface area contributed by atoms with Crippen LogP contribution in [0.25, 0.3) is 11.0 Å². The maximum absolute atomic E-state index is 13.1. The van der Waals surface area contributed by atoms with Gasteiger partial charge in [0, 0.05) is 62.9 Å². The number of rotatable bonds is 14. The first kappa shape index (κ1) is 41.3. The molecule has 1 saturated heterocycles. The van der Waals surface area contributed by atoms with E-state index in [2.05, 4.69) is 34.3 Å². The fraction of sp³-hybridized carbons (Fsp3) is 0.343. The zero-order valence-electron chi connectivity index (χ0n) is 28.5. The second-order valence-electron chi connectivity index (χ2n) is 11.5. The van der Waals surface area contributed by atoms with Crippen LogP contribution in [0.5, 0.6) is 5.75 Å². The van der Waals surface area contributed by atoms with Crippen molar-refractivity contribution < 1.29 is 53.9 Å². The first-order valence-electron chi connectivity index (χ1n) is 15.8. The van der Waals surface area contributed by atoms with Gasteiger partial charge in [-0.25, -0.2) is 24.2 Å². The number of nitrogens with zero attached hydrogens (tertiary/aromatic N) is 4. The number of imidazole rings is 1. The molecule has 1 aliphatic rings. The Morgan fingerprint density at radius 3 is 1.94 bits per heavy atom. The number of fused-ring (bicyclic) bond motifs is 1. The van der Waals surface area contributed by atoms with Crippen molar-refractivity contribution in [2.24, 2.45) is 11.7 Å². The minimum atomic E-state index is -1.26. The van der Waals surface area contributed by atoms with Crippen molar-refractivity contribution in [3.8, 4) is 5.75 Å². The fourth-order valence-corrected chi connectivity index (χ4v) is 5.29. The van der Waals surface area contributed by atoms with E-state index in [-0.39, 0.29) is 17.7 Å². The summed E-state index contributed by atoms with van der Waals surface area (Å²) >= 11 is 0. The van der Waals surface area contributed by atoms with Crippen LogP contribution in [-0.2, 0) is 37.1 Å². The molecule has 6 N–H and O–H groups in total. The molecule has 1 aliphatic heterocycles. The minimum absolute atomic E-state index is 0.0475. The topological polar surface area (TPSA) is 243 Å². The summed E-state index contributed by atoms with van der Waals surface area (Å²) in [6.45, 7) is 8.36. The van der Waals surface area contributed by atoms with Crippen molar-refractivity contribution in [2.45, 2.75) is 39.4 Å². The van der Waals surface area contributed by atoms with Crippen molar-refractivity contribution in [1.29, 1.82) is 0 Å². The molecular formula is C35H43N5O11. The van der Waals surface area contributed by atoms with Crippen LogP contribution in [0.3, 0.4) is 0 Å². The number of carboxylic acids is 4. The van der Waals surface area contributed by atoms with Crippen molar-refractivity contribution in [3.63, 3.8) is 0 Å². The van der Waals surface area contributed by atoms with Crippen molar-refractivity contribution in [1.82, 2.24) is 19.4 Å². The molecule has 2 heterocycles. The molecule has 3 aromatic rings. The summed E-state index contributed by atoms with van der Waals surface area (Å²) in [6.07, 6.45) is 2.59. The standard InChI is InChI=1S/C27H35N5O3.2C4H4O4/c1-19(2)23-16-30(17-26(28)34)14-15-31(23)18-27-29-21-9-5-6-10-22(21)32(27)13-12-24(33)20-8-4-7-11-25(20)35-3;2*5-3(6)1-2-4(7)8/h4-11,19,23H,12-18H2,1-3H3,(H2,28,34);2*1-2H,(H,5,6)(H,7,8)/b;2*2-1+. The Kier molecular flexibility index (Phi) is 16.7. The number of primary amides is 1. The molecule has 16 heteroatoms. The Hall–Kier alpha value is -5.87. The maximum atomic E-state index is 13.1. The Bertz CT molecular complexity index is 1680. The SMILES string of the molecule is COc1ccccc1C(=O)CCn1c(CN2CCN(CC(N)=O)CC2C(C)C)nc2ccccc21.O=C(O)/C=C/C(=O)O.O=C(O)/C=C/C(=O)O. The molecule has 1 atom stereocenters. The lowest BCUT2D eigenvalue weighted by Gasteiger charge is -2.43. The van der Waals surface area contributed by atoms with E-state index < -0.39 is 23.9 Å². The number of benzene rings is 2. The van der Waals surface area contributed by atoms with Gasteiger partial charge in [-0.05, 0) is 30.2 Å². The monoisotopic (exact) mass is 709 g/mol. The Morgan fingerprint density at radius 1 is 0.863 bits per heavy atom. The molecule has 0 saturated carbocycles. The fourth-order valence-electron chi connectivity index (χ4n) is 5.29. The number of carboxylic acid groups (broad SMARTS) is 4. The van der Waals surface area contributed by atoms with Crippen LogP contribution >= 0.6 is 0 Å². The van der Waals surface area contributed by atoms with Crippen LogP contribution < -0.4 is 10.5 Å². The van der Waals surface area contributed by atoms with Crippen LogP contribution in [0.15, 0.2) is 72.8 Å². The van der Waals surface area contributed by atoms with Gasteiger partial charge in [0.1, 0.15) is 11.6 Å². The number of aromatic nitrogens is 2. The molecule has 0 spiro atoms. The molecule has 0 bridgehead atoms. The van der Waals surface area contributed by atoms with Crippen LogP contribution in [-0.4, -0.2) is 115 Å². The van der Waals surface area contributed by atoms with E-state index in [0.29, 0.717) is 67.6 Å². The summed E-state index contributed by atoms with van der Waals surface area (Å²) in [7, 11) is 1.59. The van der Waals surface area contributed by atoms with Gasteiger partial charge in [0.2, 0.25) is 5.91 Å². The maximum Gasteiger partial charge on any atom is 0.328 e. The number of para-hydroxylation sites is 3. The lowest BCUT2D eigenvalue weighted by molar-refractivity contribution is -0.134. The molecule has 1 unspecified atom stereocenters. The predicted molar refractivity (Wildman–Crippen MR) is 185 cm³/mol. The summed E-state index contributed by atoms with van der Waals surface area (Å²) in [5.41, 5.74) is 8.01. The van der Waals surface area contributed by atoms with Gasteiger partial charge in [-0.2, -0.15) is 0 Å². The lowest BCUT2D eigenvalue weighted by Crippen LogP contribution is -2.56. The van der Waals surface area contributed by atoms with E-state index in [1.165, 1.54) is 0 Å². The van der Waals surface area contributed by atoms with Crippen LogP contribution in [0, 0.1) is 5.92 Å². The highest BCUT2D eigenvalue weighted by Gasteiger charge is 2.31. The number of ether oxygens (including phenoxy) is 1. The third-order valence-corrected chi connectivity index (χ3v) is 7.55. The second-order valence-corrected chi connectivity index (χ2v) is 11.5. The average molecular weight is 710 g/mol. The van der Waals surface area contributed by atoms with Gasteiger partial charge in [0.05, 0.1) is 36.8 Å². The zero-order chi connectivity index (χ0) is 38.1. The zero-order valence-corrected chi connectivity index (χ0v) is 28.5. The van der Waals surface area contributed by atoms with Gasteiger partial charge in [-0.15, -0.1) is 0 Å². The number of hydrogen-bond acceptors (Lipinski definition) is 10. The highest BCUT2D eigenvalue weighted by Crippen LogP contribution is 2.24. The van der Waals surface area contributed by atoms with Crippen molar-refractivity contribution in [3.05, 3.63) is 84.2 Å². The van der Waals surface area contributed by atoms with E-state index >= 15 is 0 Å². The number of nitrogens with two attached hydrogens (primary N) is 1. The molecular weight excluding hydrogens is 666 g/mol. The van der Waals surface area contributed by atoms with Gasteiger partial charge in [0.15, 0.2) is 5.78 Å². The number of piperazine rings is 1. The molecule has 1 fully saturated rings. The number of aliphatic carboxylic acids is 4. The quantitative estimate of drug-likeness (QED) is 0.119. The second kappa shape index (κ2) is 20.6. The molecule has 1 aromatic heterocycles. The number of aryl methyl sites for hydroxylation is 1. The van der Waals surface area contributed by atoms with Crippen LogP contribution in [0.2, 0.25) is 0 Å². The highest BCUT2D eigenvalue weighted by molar-refractivity contribution is 5.98. The molecule has 4 rings (SSSR count). The minimum Gasteiger partial charge on any atom is -0.496 e. The van der Waals surface area contributed by atoms with Gasteiger partial charge in [-0.1, -0.05) is 38.1 Å². The summed E-state index contributed by atoms with van der Waals surface area (Å²) < 4.78 is 7.56. The van der Waals surface area contributed by atoms with Gasteiger partial charge < -0.3 is 35.5 Å². The Balaban J connectivity index is 0.000000468. The average Bonchev–Trinajstić information content (AvgIpc) is 3.42. The van der Waals surface area contributed by atoms with Crippen LogP contribution in [0.4, 0.5) is 0 Å². The predicted octanol–water partition coefficient (Wildman–Crippen LogP) is 2.37. The normalized spacial score (nSPS) is 14.8. The lowest BCUT2D eigenvalue weighted by atomic mass is 9.99. The number of methoxy groups -OCH3 is 1. The van der Waals surface area contributed by atoms with Gasteiger partial charge in [0.25, 0.3) is 0 Å². The first-order valence-corrected chi connectivity index (χ1v) is 15.8. The number of Topliss-reactive ketones (excluding diaryl/α,β-unsaturated/α-hetero) is 1. The number of amides is 1. The summed E-state index contributed by atoms with van der Waals surface area (Å²) in [5.74, 6) is -3.31. The van der Waals surface area contributed by atoms with Gasteiger partial charge in [-0.3, -0.25) is 19.4 Å². The van der Waals surface area contributed by atoms with E-state index in [4.69, 9.17) is 35.9 Å². The summed E-state index contributed by atoms with van der Waals surface area (Å²) in [5, 5.41) is 31.2. The molecule has 1 amide bonds. The van der Waals surface area contributed by atoms with E-state index in [1.807, 2.05) is 42.5 Å². The Labute approximate surface area is 294 Å².